The normalized spacial score (nSPS) is 14.7. The predicted octanol–water partition coefficient (Wildman–Crippen LogP) is 4.53. The fourth-order valence-corrected chi connectivity index (χ4v) is 2.32. The SMILES string of the molecule is CCCCCCCCC(CC(C)OC)NCCC. The maximum absolute atomic E-state index is 5.38. The van der Waals surface area contributed by atoms with Crippen LogP contribution in [0, 0.1) is 0 Å². The molecule has 18 heavy (non-hydrogen) atoms. The van der Waals surface area contributed by atoms with Gasteiger partial charge in [-0.2, -0.15) is 0 Å². The van der Waals surface area contributed by atoms with Gasteiger partial charge in [-0.15, -0.1) is 0 Å². The van der Waals surface area contributed by atoms with Crippen molar-refractivity contribution in [3.05, 3.63) is 0 Å². The lowest BCUT2D eigenvalue weighted by Crippen LogP contribution is -2.33. The molecule has 0 heterocycles. The highest BCUT2D eigenvalue weighted by Crippen LogP contribution is 2.12. The Balaban J connectivity index is 3.65. The fraction of sp³-hybridized carbons (Fsp3) is 1.00. The van der Waals surface area contributed by atoms with Crippen LogP contribution < -0.4 is 5.32 Å². The van der Waals surface area contributed by atoms with Crippen molar-refractivity contribution in [3.63, 3.8) is 0 Å². The van der Waals surface area contributed by atoms with Gasteiger partial charge in [-0.05, 0) is 32.7 Å². The van der Waals surface area contributed by atoms with Crippen LogP contribution in [0.4, 0.5) is 0 Å². The van der Waals surface area contributed by atoms with E-state index in [0.29, 0.717) is 12.1 Å². The van der Waals surface area contributed by atoms with E-state index in [2.05, 4.69) is 26.1 Å². The Hall–Kier alpha value is -0.0800. The molecule has 0 saturated heterocycles. The first-order valence-corrected chi connectivity index (χ1v) is 8.00. The number of hydrogen-bond acceptors (Lipinski definition) is 2. The van der Waals surface area contributed by atoms with Crippen LogP contribution in [0.25, 0.3) is 0 Å². The van der Waals surface area contributed by atoms with Crippen molar-refractivity contribution < 1.29 is 4.74 Å². The maximum Gasteiger partial charge on any atom is 0.0558 e. The molecule has 0 aliphatic heterocycles. The molecule has 0 spiro atoms. The van der Waals surface area contributed by atoms with Gasteiger partial charge in [0.15, 0.2) is 0 Å². The Morgan fingerprint density at radius 3 is 2.22 bits per heavy atom. The van der Waals surface area contributed by atoms with Crippen molar-refractivity contribution in [1.82, 2.24) is 5.32 Å². The van der Waals surface area contributed by atoms with E-state index in [1.807, 2.05) is 7.11 Å². The molecule has 2 nitrogen and oxygen atoms in total. The fourth-order valence-electron chi connectivity index (χ4n) is 2.32. The second-order valence-electron chi connectivity index (χ2n) is 5.49. The summed E-state index contributed by atoms with van der Waals surface area (Å²) in [5.41, 5.74) is 0. The number of unbranched alkanes of at least 4 members (excludes halogenated alkanes) is 5. The average Bonchev–Trinajstić information content (AvgIpc) is 2.39. The Morgan fingerprint density at radius 1 is 0.944 bits per heavy atom. The number of nitrogens with one attached hydrogen (secondary N) is 1. The standard InChI is InChI=1S/C16H35NO/c1-5-7-8-9-10-11-12-16(17-13-6-2)14-15(3)18-4/h15-17H,5-14H2,1-4H3. The topological polar surface area (TPSA) is 21.3 Å². The largest absolute Gasteiger partial charge is 0.382 e. The lowest BCUT2D eigenvalue weighted by atomic mass is 10.0. The van der Waals surface area contributed by atoms with Crippen LogP contribution >= 0.6 is 0 Å². The Morgan fingerprint density at radius 2 is 1.61 bits per heavy atom. The van der Waals surface area contributed by atoms with E-state index in [9.17, 15) is 0 Å². The van der Waals surface area contributed by atoms with Gasteiger partial charge < -0.3 is 10.1 Å². The molecule has 1 N–H and O–H groups in total. The van der Waals surface area contributed by atoms with Gasteiger partial charge in [0.05, 0.1) is 6.10 Å². The summed E-state index contributed by atoms with van der Waals surface area (Å²) < 4.78 is 5.38. The van der Waals surface area contributed by atoms with Crippen LogP contribution in [0.5, 0.6) is 0 Å². The van der Waals surface area contributed by atoms with Crippen molar-refractivity contribution in [1.29, 1.82) is 0 Å². The minimum absolute atomic E-state index is 0.374. The number of methoxy groups -OCH3 is 1. The molecule has 0 amide bonds. The summed E-state index contributed by atoms with van der Waals surface area (Å²) >= 11 is 0. The first-order chi connectivity index (χ1) is 8.74. The summed E-state index contributed by atoms with van der Waals surface area (Å²) in [6, 6.07) is 0.645. The molecule has 0 aromatic rings. The van der Waals surface area contributed by atoms with E-state index in [-0.39, 0.29) is 0 Å². The number of ether oxygens (including phenoxy) is 1. The first-order valence-electron chi connectivity index (χ1n) is 8.00. The molecule has 2 heteroatoms. The lowest BCUT2D eigenvalue weighted by Gasteiger charge is -2.21. The van der Waals surface area contributed by atoms with Gasteiger partial charge in [0.2, 0.25) is 0 Å². The minimum Gasteiger partial charge on any atom is -0.382 e. The Bertz CT molecular complexity index is 161. The molecule has 0 rings (SSSR count). The zero-order chi connectivity index (χ0) is 13.6. The third-order valence-electron chi connectivity index (χ3n) is 3.61. The maximum atomic E-state index is 5.38. The van der Waals surface area contributed by atoms with Crippen LogP contribution in [0.2, 0.25) is 0 Å². The van der Waals surface area contributed by atoms with Gasteiger partial charge in [-0.3, -0.25) is 0 Å². The molecule has 110 valence electrons. The van der Waals surface area contributed by atoms with Crippen molar-refractivity contribution in [2.75, 3.05) is 13.7 Å². The molecule has 0 bridgehead atoms. The molecule has 0 aromatic carbocycles. The highest BCUT2D eigenvalue weighted by Gasteiger charge is 2.11. The van der Waals surface area contributed by atoms with Gasteiger partial charge in [-0.1, -0.05) is 52.4 Å². The molecule has 0 aliphatic rings. The third-order valence-corrected chi connectivity index (χ3v) is 3.61. The van der Waals surface area contributed by atoms with Gasteiger partial charge in [0.25, 0.3) is 0 Å². The van der Waals surface area contributed by atoms with Crippen LogP contribution in [0.1, 0.15) is 78.6 Å². The molecule has 0 saturated carbocycles. The van der Waals surface area contributed by atoms with Crippen LogP contribution in [0.3, 0.4) is 0 Å². The average molecular weight is 257 g/mol. The van der Waals surface area contributed by atoms with Gasteiger partial charge in [0.1, 0.15) is 0 Å². The summed E-state index contributed by atoms with van der Waals surface area (Å²) in [6.07, 6.45) is 12.4. The summed E-state index contributed by atoms with van der Waals surface area (Å²) in [5.74, 6) is 0. The summed E-state index contributed by atoms with van der Waals surface area (Å²) in [6.45, 7) is 7.81. The van der Waals surface area contributed by atoms with E-state index in [4.69, 9.17) is 4.74 Å². The first kappa shape index (κ1) is 17.9. The monoisotopic (exact) mass is 257 g/mol. The van der Waals surface area contributed by atoms with Gasteiger partial charge in [0, 0.05) is 13.2 Å². The van der Waals surface area contributed by atoms with E-state index >= 15 is 0 Å². The molecular weight excluding hydrogens is 222 g/mol. The van der Waals surface area contributed by atoms with Crippen molar-refractivity contribution >= 4 is 0 Å². The summed E-state index contributed by atoms with van der Waals surface area (Å²) in [7, 11) is 1.81. The number of hydrogen-bond donors (Lipinski definition) is 1. The van der Waals surface area contributed by atoms with Crippen molar-refractivity contribution in [3.8, 4) is 0 Å². The van der Waals surface area contributed by atoms with E-state index in [1.54, 1.807) is 0 Å². The molecule has 0 fully saturated rings. The lowest BCUT2D eigenvalue weighted by molar-refractivity contribution is 0.0989. The van der Waals surface area contributed by atoms with E-state index in [0.717, 1.165) is 13.0 Å². The third kappa shape index (κ3) is 11.0. The molecule has 0 aliphatic carbocycles. The molecule has 0 radical (unpaired) electrons. The molecule has 2 unspecified atom stereocenters. The molecule has 2 atom stereocenters. The molecular formula is C16H35NO. The van der Waals surface area contributed by atoms with Gasteiger partial charge in [-0.25, -0.2) is 0 Å². The second-order valence-corrected chi connectivity index (χ2v) is 5.49. The Labute approximate surface area is 115 Å². The molecule has 0 aromatic heterocycles. The summed E-state index contributed by atoms with van der Waals surface area (Å²) in [4.78, 5) is 0. The zero-order valence-electron chi connectivity index (χ0n) is 13.1. The predicted molar refractivity (Wildman–Crippen MR) is 81.2 cm³/mol. The van der Waals surface area contributed by atoms with Crippen molar-refractivity contribution in [2.24, 2.45) is 0 Å². The highest BCUT2D eigenvalue weighted by molar-refractivity contribution is 4.70. The smallest absolute Gasteiger partial charge is 0.0558 e. The quantitative estimate of drug-likeness (QED) is 0.489. The van der Waals surface area contributed by atoms with Crippen molar-refractivity contribution in [2.45, 2.75) is 90.7 Å². The Kier molecular flexibility index (Phi) is 13.3. The van der Waals surface area contributed by atoms with E-state index in [1.165, 1.54) is 51.4 Å². The van der Waals surface area contributed by atoms with Gasteiger partial charge >= 0.3 is 0 Å². The van der Waals surface area contributed by atoms with Crippen LogP contribution in [0.15, 0.2) is 0 Å². The minimum atomic E-state index is 0.374. The zero-order valence-corrected chi connectivity index (χ0v) is 13.1. The summed E-state index contributed by atoms with van der Waals surface area (Å²) in [5, 5.41) is 3.66. The number of rotatable bonds is 13. The van der Waals surface area contributed by atoms with Crippen LogP contribution in [-0.4, -0.2) is 25.8 Å². The second kappa shape index (κ2) is 13.4. The van der Waals surface area contributed by atoms with E-state index < -0.39 is 0 Å². The van der Waals surface area contributed by atoms with Crippen LogP contribution in [-0.2, 0) is 4.74 Å². The highest BCUT2D eigenvalue weighted by atomic mass is 16.5.